The summed E-state index contributed by atoms with van der Waals surface area (Å²) in [6.45, 7) is 3.91. The van der Waals surface area contributed by atoms with Crippen molar-refractivity contribution in [2.24, 2.45) is 5.92 Å². The molecule has 1 nitrogen and oxygen atoms in total. The summed E-state index contributed by atoms with van der Waals surface area (Å²) in [6.07, 6.45) is 3.72. The number of rotatable bonds is 3. The molecule has 1 aliphatic rings. The zero-order chi connectivity index (χ0) is 8.10. The van der Waals surface area contributed by atoms with Crippen LogP contribution in [-0.2, 0) is 0 Å². The van der Waals surface area contributed by atoms with Gasteiger partial charge in [-0.15, -0.1) is 0 Å². The first-order valence-electron chi connectivity index (χ1n) is 4.64. The van der Waals surface area contributed by atoms with Crippen LogP contribution in [0.2, 0.25) is 0 Å². The van der Waals surface area contributed by atoms with Crippen molar-refractivity contribution >= 4 is 0 Å². The molecule has 0 amide bonds. The van der Waals surface area contributed by atoms with Crippen LogP contribution >= 0.6 is 0 Å². The van der Waals surface area contributed by atoms with Crippen LogP contribution in [-0.4, -0.2) is 19.3 Å². The molecule has 1 aliphatic heterocycles. The standard InChI is InChI=1S/C9H18FN/c1-8(10)2-3-9-4-6-11-7-5-9/h8-9,11H,2-7H2,1H3. The first-order valence-corrected chi connectivity index (χ1v) is 4.64. The van der Waals surface area contributed by atoms with E-state index in [2.05, 4.69) is 5.32 Å². The molecule has 0 aromatic carbocycles. The maximum absolute atomic E-state index is 12.4. The van der Waals surface area contributed by atoms with Crippen LogP contribution in [0.4, 0.5) is 4.39 Å². The summed E-state index contributed by atoms with van der Waals surface area (Å²) >= 11 is 0. The second kappa shape index (κ2) is 4.70. The average Bonchev–Trinajstić information content (AvgIpc) is 2.03. The molecule has 11 heavy (non-hydrogen) atoms. The fourth-order valence-electron chi connectivity index (χ4n) is 1.64. The number of hydrogen-bond donors (Lipinski definition) is 1. The molecule has 0 saturated carbocycles. The second-order valence-corrected chi connectivity index (χ2v) is 3.55. The Morgan fingerprint density at radius 3 is 2.64 bits per heavy atom. The Balaban J connectivity index is 2.05. The number of halogens is 1. The molecule has 0 aromatic heterocycles. The molecule has 0 aromatic rings. The predicted octanol–water partition coefficient (Wildman–Crippen LogP) is 2.12. The van der Waals surface area contributed by atoms with E-state index in [0.717, 1.165) is 31.8 Å². The monoisotopic (exact) mass is 159 g/mol. The molecule has 0 aliphatic carbocycles. The van der Waals surface area contributed by atoms with Crippen LogP contribution in [0.3, 0.4) is 0 Å². The molecule has 1 rings (SSSR count). The van der Waals surface area contributed by atoms with Crippen LogP contribution in [0.1, 0.15) is 32.6 Å². The van der Waals surface area contributed by atoms with Gasteiger partial charge >= 0.3 is 0 Å². The molecule has 1 fully saturated rings. The lowest BCUT2D eigenvalue weighted by Gasteiger charge is -2.22. The van der Waals surface area contributed by atoms with Crippen molar-refractivity contribution in [1.82, 2.24) is 5.32 Å². The van der Waals surface area contributed by atoms with Gasteiger partial charge in [-0.25, -0.2) is 4.39 Å². The molecule has 1 unspecified atom stereocenters. The molecule has 0 spiro atoms. The van der Waals surface area contributed by atoms with E-state index in [-0.39, 0.29) is 0 Å². The maximum Gasteiger partial charge on any atom is 0.0973 e. The molecule has 2 heteroatoms. The normalized spacial score (nSPS) is 23.5. The highest BCUT2D eigenvalue weighted by molar-refractivity contribution is 4.69. The number of hydrogen-bond acceptors (Lipinski definition) is 1. The zero-order valence-corrected chi connectivity index (χ0v) is 7.28. The quantitative estimate of drug-likeness (QED) is 0.665. The Labute approximate surface area is 68.4 Å². The molecule has 66 valence electrons. The highest BCUT2D eigenvalue weighted by Crippen LogP contribution is 2.19. The molecular weight excluding hydrogens is 141 g/mol. The first-order chi connectivity index (χ1) is 5.29. The third kappa shape index (κ3) is 3.71. The summed E-state index contributed by atoms with van der Waals surface area (Å²) in [5.74, 6) is 0.787. The molecule has 0 radical (unpaired) electrons. The fraction of sp³-hybridized carbons (Fsp3) is 1.00. The van der Waals surface area contributed by atoms with E-state index >= 15 is 0 Å². The van der Waals surface area contributed by atoms with Gasteiger partial charge in [0.25, 0.3) is 0 Å². The molecule has 1 atom stereocenters. The van der Waals surface area contributed by atoms with Gasteiger partial charge in [0.1, 0.15) is 0 Å². The highest BCUT2D eigenvalue weighted by Gasteiger charge is 2.13. The van der Waals surface area contributed by atoms with Crippen LogP contribution in [0.25, 0.3) is 0 Å². The molecule has 0 bridgehead atoms. The van der Waals surface area contributed by atoms with Crippen molar-refractivity contribution in [3.63, 3.8) is 0 Å². The fourth-order valence-corrected chi connectivity index (χ4v) is 1.64. The summed E-state index contributed by atoms with van der Waals surface area (Å²) in [7, 11) is 0. The highest BCUT2D eigenvalue weighted by atomic mass is 19.1. The maximum atomic E-state index is 12.4. The van der Waals surface area contributed by atoms with E-state index in [9.17, 15) is 4.39 Å². The Kier molecular flexibility index (Phi) is 3.84. The van der Waals surface area contributed by atoms with E-state index in [4.69, 9.17) is 0 Å². The topological polar surface area (TPSA) is 12.0 Å². The summed E-state index contributed by atoms with van der Waals surface area (Å²) in [5.41, 5.74) is 0. The minimum atomic E-state index is -0.607. The smallest absolute Gasteiger partial charge is 0.0973 e. The van der Waals surface area contributed by atoms with Crippen molar-refractivity contribution in [3.05, 3.63) is 0 Å². The SMILES string of the molecule is CC(F)CCC1CCNCC1. The largest absolute Gasteiger partial charge is 0.317 e. The van der Waals surface area contributed by atoms with Crippen molar-refractivity contribution in [1.29, 1.82) is 0 Å². The number of piperidine rings is 1. The van der Waals surface area contributed by atoms with Crippen molar-refractivity contribution in [2.75, 3.05) is 13.1 Å². The third-order valence-corrected chi connectivity index (χ3v) is 2.43. The van der Waals surface area contributed by atoms with E-state index < -0.39 is 6.17 Å². The van der Waals surface area contributed by atoms with E-state index in [1.807, 2.05) is 0 Å². The zero-order valence-electron chi connectivity index (χ0n) is 7.28. The Bertz CT molecular complexity index is 97.7. The number of alkyl halides is 1. The lowest BCUT2D eigenvalue weighted by atomic mass is 9.92. The van der Waals surface area contributed by atoms with E-state index in [1.54, 1.807) is 6.92 Å². The lowest BCUT2D eigenvalue weighted by molar-refractivity contribution is 0.280. The van der Waals surface area contributed by atoms with Gasteiger partial charge in [-0.3, -0.25) is 0 Å². The van der Waals surface area contributed by atoms with Crippen LogP contribution in [0.15, 0.2) is 0 Å². The van der Waals surface area contributed by atoms with Crippen LogP contribution in [0.5, 0.6) is 0 Å². The minimum absolute atomic E-state index is 0.607. The minimum Gasteiger partial charge on any atom is -0.317 e. The summed E-state index contributed by atoms with van der Waals surface area (Å²) in [5, 5.41) is 3.31. The average molecular weight is 159 g/mol. The van der Waals surface area contributed by atoms with Gasteiger partial charge < -0.3 is 5.32 Å². The molecule has 1 N–H and O–H groups in total. The summed E-state index contributed by atoms with van der Waals surface area (Å²) in [6, 6.07) is 0. The van der Waals surface area contributed by atoms with Gasteiger partial charge in [-0.1, -0.05) is 0 Å². The third-order valence-electron chi connectivity index (χ3n) is 2.43. The Hall–Kier alpha value is -0.110. The van der Waals surface area contributed by atoms with Crippen molar-refractivity contribution in [3.8, 4) is 0 Å². The van der Waals surface area contributed by atoms with Gasteiger partial charge in [0, 0.05) is 0 Å². The van der Waals surface area contributed by atoms with E-state index in [1.165, 1.54) is 12.8 Å². The second-order valence-electron chi connectivity index (χ2n) is 3.55. The van der Waals surface area contributed by atoms with E-state index in [0.29, 0.717) is 0 Å². The number of nitrogens with one attached hydrogen (secondary N) is 1. The Morgan fingerprint density at radius 1 is 1.45 bits per heavy atom. The first kappa shape index (κ1) is 8.98. The van der Waals surface area contributed by atoms with Crippen molar-refractivity contribution in [2.45, 2.75) is 38.8 Å². The molecule has 1 heterocycles. The Morgan fingerprint density at radius 2 is 2.09 bits per heavy atom. The van der Waals surface area contributed by atoms with Crippen LogP contribution < -0.4 is 5.32 Å². The van der Waals surface area contributed by atoms with Crippen LogP contribution in [0, 0.1) is 5.92 Å². The van der Waals surface area contributed by atoms with Gasteiger partial charge in [0.15, 0.2) is 0 Å². The van der Waals surface area contributed by atoms with Gasteiger partial charge in [-0.05, 0) is 51.6 Å². The molecule has 1 saturated heterocycles. The van der Waals surface area contributed by atoms with Crippen molar-refractivity contribution < 1.29 is 4.39 Å². The predicted molar refractivity (Wildman–Crippen MR) is 45.4 cm³/mol. The van der Waals surface area contributed by atoms with Gasteiger partial charge in [0.05, 0.1) is 6.17 Å². The summed E-state index contributed by atoms with van der Waals surface area (Å²) < 4.78 is 12.4. The van der Waals surface area contributed by atoms with Gasteiger partial charge in [0.2, 0.25) is 0 Å². The lowest BCUT2D eigenvalue weighted by Crippen LogP contribution is -2.27. The van der Waals surface area contributed by atoms with Gasteiger partial charge in [-0.2, -0.15) is 0 Å². The summed E-state index contributed by atoms with van der Waals surface area (Å²) in [4.78, 5) is 0. The molecular formula is C9H18FN.